The highest BCUT2D eigenvalue weighted by Gasteiger charge is 2.30. The number of anilines is 1. The second-order valence-electron chi connectivity index (χ2n) is 8.99. The number of hydrogen-bond donors (Lipinski definition) is 0. The van der Waals surface area contributed by atoms with Gasteiger partial charge < -0.3 is 9.64 Å². The third kappa shape index (κ3) is 5.62. The first-order chi connectivity index (χ1) is 16.4. The molecule has 5 nitrogen and oxygen atoms in total. The Labute approximate surface area is 201 Å². The Morgan fingerprint density at radius 1 is 1.15 bits per heavy atom. The number of benzene rings is 2. The van der Waals surface area contributed by atoms with Crippen molar-refractivity contribution in [1.29, 1.82) is 0 Å². The van der Waals surface area contributed by atoms with E-state index in [1.165, 1.54) is 17.7 Å². The van der Waals surface area contributed by atoms with E-state index in [9.17, 15) is 9.18 Å². The number of esters is 1. The minimum Gasteiger partial charge on any atom is -0.459 e. The van der Waals surface area contributed by atoms with Gasteiger partial charge >= 0.3 is 5.97 Å². The van der Waals surface area contributed by atoms with E-state index in [0.29, 0.717) is 17.4 Å². The number of ether oxygens (including phenoxy) is 1. The molecule has 6 heteroatoms. The fourth-order valence-electron chi connectivity index (χ4n) is 4.54. The number of pyridine rings is 1. The first-order valence-electron chi connectivity index (χ1n) is 11.9. The summed E-state index contributed by atoms with van der Waals surface area (Å²) >= 11 is 0. The average Bonchev–Trinajstić information content (AvgIpc) is 3.33. The van der Waals surface area contributed by atoms with Gasteiger partial charge in [-0.1, -0.05) is 37.3 Å². The molecular weight excluding hydrogens is 429 g/mol. The molecule has 0 N–H and O–H groups in total. The predicted octanol–water partition coefficient (Wildman–Crippen LogP) is 5.55. The van der Waals surface area contributed by atoms with Crippen LogP contribution in [0.3, 0.4) is 0 Å². The summed E-state index contributed by atoms with van der Waals surface area (Å²) in [6.45, 7) is 9.28. The van der Waals surface area contributed by atoms with Crippen molar-refractivity contribution in [3.63, 3.8) is 0 Å². The monoisotopic (exact) mass is 461 g/mol. The summed E-state index contributed by atoms with van der Waals surface area (Å²) in [7, 11) is 0. The zero-order chi connectivity index (χ0) is 24.1. The van der Waals surface area contributed by atoms with Gasteiger partial charge in [0.1, 0.15) is 17.2 Å². The van der Waals surface area contributed by atoms with Crippen LogP contribution in [0, 0.1) is 5.82 Å². The zero-order valence-electron chi connectivity index (χ0n) is 20.1. The number of carbonyl (C=O) groups excluding carboxylic acids is 1. The smallest absolute Gasteiger partial charge is 0.342 e. The fraction of sp³-hybridized carbons (Fsp3) is 0.357. The van der Waals surface area contributed by atoms with Gasteiger partial charge in [0.15, 0.2) is 0 Å². The maximum Gasteiger partial charge on any atom is 0.342 e. The van der Waals surface area contributed by atoms with Gasteiger partial charge in [0.25, 0.3) is 0 Å². The minimum atomic E-state index is -0.327. The number of likely N-dealkylation sites (N-methyl/N-ethyl adjacent to an activating group) is 1. The number of rotatable bonds is 8. The van der Waals surface area contributed by atoms with E-state index in [0.717, 1.165) is 43.7 Å². The van der Waals surface area contributed by atoms with Gasteiger partial charge in [0.2, 0.25) is 0 Å². The van der Waals surface area contributed by atoms with Gasteiger partial charge in [-0.15, -0.1) is 0 Å². The highest BCUT2D eigenvalue weighted by atomic mass is 19.1. The predicted molar refractivity (Wildman–Crippen MR) is 133 cm³/mol. The largest absolute Gasteiger partial charge is 0.459 e. The molecule has 178 valence electrons. The zero-order valence-corrected chi connectivity index (χ0v) is 20.1. The highest BCUT2D eigenvalue weighted by Crippen LogP contribution is 2.27. The first-order valence-corrected chi connectivity index (χ1v) is 11.9. The van der Waals surface area contributed by atoms with Crippen LogP contribution < -0.4 is 4.90 Å². The van der Waals surface area contributed by atoms with E-state index in [-0.39, 0.29) is 17.9 Å². The SMILES string of the molecule is CCN(Cc1cccc(-c2ccc(F)cc2)c1)[C@@H]1CCN(c2ncccc2C(=O)OC(C)C)C1. The molecule has 1 fully saturated rings. The first kappa shape index (κ1) is 23.9. The number of aromatic nitrogens is 1. The van der Waals surface area contributed by atoms with Crippen molar-refractivity contribution in [3.8, 4) is 11.1 Å². The Bertz CT molecular complexity index is 1120. The third-order valence-corrected chi connectivity index (χ3v) is 6.23. The molecule has 2 aromatic carbocycles. The number of halogens is 1. The summed E-state index contributed by atoms with van der Waals surface area (Å²) in [4.78, 5) is 21.8. The molecule has 0 unspecified atom stereocenters. The van der Waals surface area contributed by atoms with Gasteiger partial charge in [-0.05, 0) is 73.8 Å². The normalized spacial score (nSPS) is 15.8. The van der Waals surface area contributed by atoms with Crippen molar-refractivity contribution in [3.05, 3.63) is 83.8 Å². The van der Waals surface area contributed by atoms with E-state index >= 15 is 0 Å². The van der Waals surface area contributed by atoms with Crippen LogP contribution in [-0.2, 0) is 11.3 Å². The lowest BCUT2D eigenvalue weighted by Gasteiger charge is -2.28. The summed E-state index contributed by atoms with van der Waals surface area (Å²) in [6, 6.07) is 19.0. The van der Waals surface area contributed by atoms with Crippen molar-refractivity contribution < 1.29 is 13.9 Å². The van der Waals surface area contributed by atoms with Crippen LogP contribution in [0.25, 0.3) is 11.1 Å². The van der Waals surface area contributed by atoms with Crippen molar-refractivity contribution in [2.24, 2.45) is 0 Å². The van der Waals surface area contributed by atoms with Crippen LogP contribution in [0.2, 0.25) is 0 Å². The summed E-state index contributed by atoms with van der Waals surface area (Å²) in [5.41, 5.74) is 3.84. The second kappa shape index (κ2) is 10.8. The lowest BCUT2D eigenvalue weighted by atomic mass is 10.0. The Morgan fingerprint density at radius 3 is 2.68 bits per heavy atom. The summed E-state index contributed by atoms with van der Waals surface area (Å²) < 4.78 is 18.7. The molecule has 3 aromatic rings. The van der Waals surface area contributed by atoms with Crippen LogP contribution in [0.15, 0.2) is 66.9 Å². The molecule has 1 atom stereocenters. The molecule has 0 amide bonds. The Balaban J connectivity index is 1.46. The van der Waals surface area contributed by atoms with Crippen molar-refractivity contribution in [2.45, 2.75) is 45.9 Å². The van der Waals surface area contributed by atoms with Gasteiger partial charge in [0.05, 0.1) is 6.10 Å². The summed E-state index contributed by atoms with van der Waals surface area (Å²) in [5.74, 6) is 0.146. The molecule has 1 aliphatic rings. The molecule has 1 aliphatic heterocycles. The molecule has 1 aromatic heterocycles. The molecule has 0 aliphatic carbocycles. The van der Waals surface area contributed by atoms with E-state index < -0.39 is 0 Å². The maximum atomic E-state index is 13.3. The molecule has 0 radical (unpaired) electrons. The topological polar surface area (TPSA) is 45.7 Å². The van der Waals surface area contributed by atoms with Crippen LogP contribution in [0.1, 0.15) is 43.1 Å². The van der Waals surface area contributed by atoms with Crippen molar-refractivity contribution in [1.82, 2.24) is 9.88 Å². The molecule has 34 heavy (non-hydrogen) atoms. The number of hydrogen-bond acceptors (Lipinski definition) is 5. The quantitative estimate of drug-likeness (QED) is 0.412. The summed E-state index contributed by atoms with van der Waals surface area (Å²) in [5, 5.41) is 0. The molecular formula is C28H32FN3O2. The van der Waals surface area contributed by atoms with Gasteiger partial charge in [-0.25, -0.2) is 14.2 Å². The van der Waals surface area contributed by atoms with Crippen molar-refractivity contribution >= 4 is 11.8 Å². The second-order valence-corrected chi connectivity index (χ2v) is 8.99. The lowest BCUT2D eigenvalue weighted by Crippen LogP contribution is -2.37. The molecule has 1 saturated heterocycles. The Kier molecular flexibility index (Phi) is 7.58. The molecule has 2 heterocycles. The third-order valence-electron chi connectivity index (χ3n) is 6.23. The lowest BCUT2D eigenvalue weighted by molar-refractivity contribution is 0.0378. The number of nitrogens with zero attached hydrogens (tertiary/aromatic N) is 3. The Morgan fingerprint density at radius 2 is 1.94 bits per heavy atom. The molecule has 4 rings (SSSR count). The van der Waals surface area contributed by atoms with Gasteiger partial charge in [-0.3, -0.25) is 4.90 Å². The van der Waals surface area contributed by atoms with E-state index in [2.05, 4.69) is 46.0 Å². The minimum absolute atomic E-state index is 0.173. The highest BCUT2D eigenvalue weighted by molar-refractivity contribution is 5.95. The Hall–Kier alpha value is -3.25. The maximum absolute atomic E-state index is 13.3. The number of carbonyl (C=O) groups is 1. The van der Waals surface area contributed by atoms with Crippen LogP contribution in [-0.4, -0.2) is 47.6 Å². The molecule has 0 bridgehead atoms. The fourth-order valence-corrected chi connectivity index (χ4v) is 4.54. The molecule has 0 saturated carbocycles. The van der Waals surface area contributed by atoms with Crippen LogP contribution >= 0.6 is 0 Å². The van der Waals surface area contributed by atoms with Crippen LogP contribution in [0.4, 0.5) is 10.2 Å². The van der Waals surface area contributed by atoms with Crippen molar-refractivity contribution in [2.75, 3.05) is 24.5 Å². The standard InChI is InChI=1S/C28H32FN3O2/c1-4-31(18-21-7-5-8-23(17-21)22-10-12-24(29)13-11-22)25-14-16-32(19-25)27-26(9-6-15-30-27)28(33)34-20(2)3/h5-13,15,17,20,25H,4,14,16,18-19H2,1-3H3/t25-/m1/s1. The van der Waals surface area contributed by atoms with E-state index in [4.69, 9.17) is 4.74 Å². The average molecular weight is 462 g/mol. The summed E-state index contributed by atoms with van der Waals surface area (Å²) in [6.07, 6.45) is 2.56. The van der Waals surface area contributed by atoms with Gasteiger partial charge in [-0.2, -0.15) is 0 Å². The van der Waals surface area contributed by atoms with Crippen LogP contribution in [0.5, 0.6) is 0 Å². The molecule has 0 spiro atoms. The van der Waals surface area contributed by atoms with E-state index in [1.54, 1.807) is 18.3 Å². The van der Waals surface area contributed by atoms with E-state index in [1.807, 2.05) is 26.0 Å². The van der Waals surface area contributed by atoms with Gasteiger partial charge in [0, 0.05) is 31.9 Å².